The minimum absolute atomic E-state index is 0. The van der Waals surface area contributed by atoms with Crippen molar-refractivity contribution in [2.24, 2.45) is 0 Å². The fraction of sp³-hybridized carbons (Fsp3) is 0.571. The highest BCUT2D eigenvalue weighted by Crippen LogP contribution is 2.12. The van der Waals surface area contributed by atoms with E-state index in [1.807, 2.05) is 33.7 Å². The molecule has 0 aliphatic carbocycles. The molecule has 7 heteroatoms. The Labute approximate surface area is 135 Å². The molecule has 0 aromatic carbocycles. The first-order chi connectivity index (χ1) is 9.72. The Bertz CT molecular complexity index is 453. The second-order valence-electron chi connectivity index (χ2n) is 4.89. The Morgan fingerprint density at radius 1 is 1.24 bits per heavy atom. The van der Waals surface area contributed by atoms with E-state index in [0.717, 1.165) is 25.1 Å². The summed E-state index contributed by atoms with van der Waals surface area (Å²) < 4.78 is 0. The average Bonchev–Trinajstić information content (AvgIpc) is 2.88. The lowest BCUT2D eigenvalue weighted by atomic mass is 10.3. The molecule has 1 saturated heterocycles. The second kappa shape index (κ2) is 9.02. The highest BCUT2D eigenvalue weighted by molar-refractivity contribution is 7.08. The van der Waals surface area contributed by atoms with Crippen molar-refractivity contribution in [1.29, 1.82) is 0 Å². The third kappa shape index (κ3) is 4.98. The molecule has 1 aromatic heterocycles. The van der Waals surface area contributed by atoms with Crippen LogP contribution in [-0.2, 0) is 4.79 Å². The van der Waals surface area contributed by atoms with Gasteiger partial charge in [0, 0.05) is 44.5 Å². The number of nitrogens with one attached hydrogen (secondary N) is 1. The zero-order valence-electron chi connectivity index (χ0n) is 12.2. The van der Waals surface area contributed by atoms with Gasteiger partial charge in [0.2, 0.25) is 5.91 Å². The number of halogens is 1. The van der Waals surface area contributed by atoms with E-state index in [1.165, 1.54) is 11.3 Å². The summed E-state index contributed by atoms with van der Waals surface area (Å²) in [6.07, 6.45) is 1.37. The molecule has 0 radical (unpaired) electrons. The molecule has 0 unspecified atom stereocenters. The van der Waals surface area contributed by atoms with Crippen LogP contribution in [0, 0.1) is 0 Å². The molecule has 1 N–H and O–H groups in total. The van der Waals surface area contributed by atoms with Gasteiger partial charge in [-0.3, -0.25) is 9.59 Å². The van der Waals surface area contributed by atoms with Gasteiger partial charge in [0.05, 0.1) is 5.56 Å². The number of amides is 2. The van der Waals surface area contributed by atoms with Crippen molar-refractivity contribution >= 4 is 35.6 Å². The Kier molecular flexibility index (Phi) is 7.71. The summed E-state index contributed by atoms with van der Waals surface area (Å²) >= 11 is 1.53. The number of nitrogens with zero attached hydrogens (tertiary/aromatic N) is 2. The van der Waals surface area contributed by atoms with Gasteiger partial charge >= 0.3 is 0 Å². The fourth-order valence-corrected chi connectivity index (χ4v) is 2.96. The molecule has 0 atom stereocenters. The minimum atomic E-state index is 0. The van der Waals surface area contributed by atoms with Crippen LogP contribution < -0.4 is 5.32 Å². The zero-order chi connectivity index (χ0) is 14.4. The van der Waals surface area contributed by atoms with Gasteiger partial charge in [-0.15, -0.1) is 12.4 Å². The van der Waals surface area contributed by atoms with Gasteiger partial charge in [-0.25, -0.2) is 0 Å². The van der Waals surface area contributed by atoms with Gasteiger partial charge in [-0.1, -0.05) is 0 Å². The lowest BCUT2D eigenvalue weighted by molar-refractivity contribution is -0.130. The van der Waals surface area contributed by atoms with E-state index in [-0.39, 0.29) is 24.2 Å². The zero-order valence-corrected chi connectivity index (χ0v) is 13.8. The van der Waals surface area contributed by atoms with Crippen LogP contribution in [0.5, 0.6) is 0 Å². The molecule has 0 bridgehead atoms. The molecule has 0 saturated carbocycles. The maximum absolute atomic E-state index is 12.3. The van der Waals surface area contributed by atoms with Crippen molar-refractivity contribution in [3.05, 3.63) is 22.4 Å². The summed E-state index contributed by atoms with van der Waals surface area (Å²) in [4.78, 5) is 28.0. The molecule has 1 fully saturated rings. The highest BCUT2D eigenvalue weighted by Gasteiger charge is 2.22. The van der Waals surface area contributed by atoms with Gasteiger partial charge in [-0.05, 0) is 24.9 Å². The predicted molar refractivity (Wildman–Crippen MR) is 87.2 cm³/mol. The van der Waals surface area contributed by atoms with Crippen LogP contribution in [-0.4, -0.2) is 61.4 Å². The van der Waals surface area contributed by atoms with E-state index in [9.17, 15) is 9.59 Å². The smallest absolute Gasteiger partial charge is 0.254 e. The Morgan fingerprint density at radius 2 is 1.95 bits per heavy atom. The lowest BCUT2D eigenvalue weighted by Gasteiger charge is -2.22. The Balaban J connectivity index is 0.00000220. The molecule has 2 heterocycles. The minimum Gasteiger partial charge on any atom is -0.341 e. The number of carbonyl (C=O) groups excluding carboxylic acids is 2. The molecule has 0 spiro atoms. The normalized spacial score (nSPS) is 15.3. The first-order valence-electron chi connectivity index (χ1n) is 6.96. The van der Waals surface area contributed by atoms with Crippen molar-refractivity contribution in [1.82, 2.24) is 15.1 Å². The summed E-state index contributed by atoms with van der Waals surface area (Å²) in [6.45, 7) is 3.44. The van der Waals surface area contributed by atoms with E-state index >= 15 is 0 Å². The number of thiophene rings is 1. The maximum Gasteiger partial charge on any atom is 0.254 e. The van der Waals surface area contributed by atoms with Crippen molar-refractivity contribution in [3.8, 4) is 0 Å². The Hall–Kier alpha value is -1.11. The predicted octanol–water partition coefficient (Wildman–Crippen LogP) is 1.45. The first kappa shape index (κ1) is 17.9. The van der Waals surface area contributed by atoms with E-state index in [0.29, 0.717) is 26.1 Å². The van der Waals surface area contributed by atoms with Crippen LogP contribution in [0.15, 0.2) is 16.8 Å². The van der Waals surface area contributed by atoms with Crippen LogP contribution in [0.4, 0.5) is 0 Å². The van der Waals surface area contributed by atoms with Crippen molar-refractivity contribution < 1.29 is 9.59 Å². The molecule has 118 valence electrons. The molecular weight excluding hydrogens is 310 g/mol. The molecule has 1 aromatic rings. The summed E-state index contributed by atoms with van der Waals surface area (Å²) in [5.41, 5.74) is 0.755. The largest absolute Gasteiger partial charge is 0.341 e. The monoisotopic (exact) mass is 331 g/mol. The molecule has 2 rings (SSSR count). The number of rotatable bonds is 4. The van der Waals surface area contributed by atoms with Crippen LogP contribution in [0.3, 0.4) is 0 Å². The third-order valence-electron chi connectivity index (χ3n) is 3.49. The molecule has 21 heavy (non-hydrogen) atoms. The van der Waals surface area contributed by atoms with E-state index in [2.05, 4.69) is 5.32 Å². The topological polar surface area (TPSA) is 52.7 Å². The molecule has 1 aliphatic heterocycles. The SMILES string of the molecule is CNCCC(=O)N1CCCN(C(=O)c2ccsc2)CC1.Cl. The Morgan fingerprint density at radius 3 is 2.62 bits per heavy atom. The molecular formula is C14H22ClN3O2S. The maximum atomic E-state index is 12.3. The van der Waals surface area contributed by atoms with Crippen LogP contribution in [0.25, 0.3) is 0 Å². The van der Waals surface area contributed by atoms with Crippen LogP contribution in [0.2, 0.25) is 0 Å². The first-order valence-corrected chi connectivity index (χ1v) is 7.90. The van der Waals surface area contributed by atoms with Gasteiger partial charge in [-0.2, -0.15) is 11.3 Å². The van der Waals surface area contributed by atoms with Crippen molar-refractivity contribution in [2.75, 3.05) is 39.8 Å². The van der Waals surface area contributed by atoms with Crippen LogP contribution >= 0.6 is 23.7 Å². The number of hydrogen-bond donors (Lipinski definition) is 1. The van der Waals surface area contributed by atoms with Gasteiger partial charge in [0.25, 0.3) is 5.91 Å². The molecule has 1 aliphatic rings. The van der Waals surface area contributed by atoms with E-state index in [1.54, 1.807) is 0 Å². The van der Waals surface area contributed by atoms with E-state index in [4.69, 9.17) is 0 Å². The number of hydrogen-bond acceptors (Lipinski definition) is 4. The summed E-state index contributed by atoms with van der Waals surface area (Å²) in [6, 6.07) is 1.85. The quantitative estimate of drug-likeness (QED) is 0.908. The summed E-state index contributed by atoms with van der Waals surface area (Å²) in [7, 11) is 1.84. The molecule has 2 amide bonds. The summed E-state index contributed by atoms with van der Waals surface area (Å²) in [5.74, 6) is 0.250. The van der Waals surface area contributed by atoms with E-state index < -0.39 is 0 Å². The standard InChI is InChI=1S/C14H21N3O2S.ClH/c1-15-5-3-13(18)16-6-2-7-17(9-8-16)14(19)12-4-10-20-11-12;/h4,10-11,15H,2-3,5-9H2,1H3;1H. The fourth-order valence-electron chi connectivity index (χ4n) is 2.33. The average molecular weight is 332 g/mol. The van der Waals surface area contributed by atoms with Crippen molar-refractivity contribution in [3.63, 3.8) is 0 Å². The third-order valence-corrected chi connectivity index (χ3v) is 4.18. The lowest BCUT2D eigenvalue weighted by Crippen LogP contribution is -2.38. The van der Waals surface area contributed by atoms with Crippen LogP contribution in [0.1, 0.15) is 23.2 Å². The second-order valence-corrected chi connectivity index (χ2v) is 5.67. The highest BCUT2D eigenvalue weighted by atomic mass is 35.5. The van der Waals surface area contributed by atoms with Gasteiger partial charge < -0.3 is 15.1 Å². The van der Waals surface area contributed by atoms with Gasteiger partial charge in [0.15, 0.2) is 0 Å². The number of carbonyl (C=O) groups is 2. The van der Waals surface area contributed by atoms with Crippen molar-refractivity contribution in [2.45, 2.75) is 12.8 Å². The molecule has 5 nitrogen and oxygen atoms in total. The van der Waals surface area contributed by atoms with Gasteiger partial charge in [0.1, 0.15) is 0 Å². The summed E-state index contributed by atoms with van der Waals surface area (Å²) in [5, 5.41) is 6.78.